The molecule has 140 valence electrons. The van der Waals surface area contributed by atoms with Crippen LogP contribution in [0.5, 0.6) is 0 Å². The van der Waals surface area contributed by atoms with E-state index in [0.717, 1.165) is 41.4 Å². The van der Waals surface area contributed by atoms with Crippen molar-refractivity contribution in [1.82, 2.24) is 15.0 Å². The van der Waals surface area contributed by atoms with Crippen molar-refractivity contribution in [2.45, 2.75) is 39.2 Å². The molecular formula is C23H22N4S. The van der Waals surface area contributed by atoms with E-state index in [0.29, 0.717) is 0 Å². The van der Waals surface area contributed by atoms with Gasteiger partial charge in [0.15, 0.2) is 5.82 Å². The summed E-state index contributed by atoms with van der Waals surface area (Å²) in [6.45, 7) is 2.87. The van der Waals surface area contributed by atoms with Gasteiger partial charge in [-0.3, -0.25) is 4.98 Å². The quantitative estimate of drug-likeness (QED) is 0.499. The Balaban J connectivity index is 1.59. The minimum atomic E-state index is 0.741. The SMILES string of the molecule is Cc1ccc(CNc2nc(-c3cccnc3)nc3sc4c(c23)CCCC4)cc1. The fourth-order valence-electron chi connectivity index (χ4n) is 3.80. The normalized spacial score (nSPS) is 13.5. The van der Waals surface area contributed by atoms with E-state index < -0.39 is 0 Å². The number of anilines is 1. The molecule has 0 bridgehead atoms. The van der Waals surface area contributed by atoms with Gasteiger partial charge in [0.25, 0.3) is 0 Å². The third kappa shape index (κ3) is 3.27. The Labute approximate surface area is 168 Å². The zero-order valence-corrected chi connectivity index (χ0v) is 16.7. The molecule has 0 unspecified atom stereocenters. The number of fused-ring (bicyclic) bond motifs is 3. The molecular weight excluding hydrogens is 364 g/mol. The van der Waals surface area contributed by atoms with Crippen LogP contribution in [0.25, 0.3) is 21.6 Å². The van der Waals surface area contributed by atoms with E-state index >= 15 is 0 Å². The third-order valence-electron chi connectivity index (χ3n) is 5.31. The number of thiophene rings is 1. The maximum absolute atomic E-state index is 4.93. The molecule has 0 atom stereocenters. The molecule has 5 rings (SSSR count). The molecule has 28 heavy (non-hydrogen) atoms. The number of aryl methyl sites for hydroxylation is 3. The largest absolute Gasteiger partial charge is 0.365 e. The molecule has 3 heterocycles. The summed E-state index contributed by atoms with van der Waals surface area (Å²) >= 11 is 1.83. The number of nitrogens with one attached hydrogen (secondary N) is 1. The van der Waals surface area contributed by atoms with E-state index in [1.165, 1.54) is 39.8 Å². The van der Waals surface area contributed by atoms with Gasteiger partial charge in [-0.05, 0) is 55.9 Å². The van der Waals surface area contributed by atoms with Crippen molar-refractivity contribution < 1.29 is 0 Å². The molecule has 1 aromatic carbocycles. The number of rotatable bonds is 4. The molecule has 0 amide bonds. The second-order valence-corrected chi connectivity index (χ2v) is 8.45. The van der Waals surface area contributed by atoms with Crippen LogP contribution in [-0.4, -0.2) is 15.0 Å². The second-order valence-electron chi connectivity index (χ2n) is 7.37. The maximum atomic E-state index is 4.93. The number of pyridine rings is 1. The van der Waals surface area contributed by atoms with Crippen LogP contribution in [0.1, 0.15) is 34.4 Å². The zero-order valence-electron chi connectivity index (χ0n) is 15.9. The van der Waals surface area contributed by atoms with Gasteiger partial charge in [-0.2, -0.15) is 0 Å². The van der Waals surface area contributed by atoms with E-state index in [1.54, 1.807) is 6.20 Å². The number of hydrogen-bond acceptors (Lipinski definition) is 5. The topological polar surface area (TPSA) is 50.7 Å². The van der Waals surface area contributed by atoms with Crippen LogP contribution < -0.4 is 5.32 Å². The first-order valence-corrected chi connectivity index (χ1v) is 10.6. The molecule has 1 N–H and O–H groups in total. The van der Waals surface area contributed by atoms with Crippen LogP contribution >= 0.6 is 11.3 Å². The number of aromatic nitrogens is 3. The van der Waals surface area contributed by atoms with Crippen molar-refractivity contribution in [3.63, 3.8) is 0 Å². The van der Waals surface area contributed by atoms with E-state index in [1.807, 2.05) is 29.7 Å². The van der Waals surface area contributed by atoms with E-state index in [4.69, 9.17) is 9.97 Å². The molecule has 5 heteroatoms. The molecule has 4 nitrogen and oxygen atoms in total. The smallest absolute Gasteiger partial charge is 0.164 e. The lowest BCUT2D eigenvalue weighted by Crippen LogP contribution is -2.05. The van der Waals surface area contributed by atoms with Gasteiger partial charge in [0.1, 0.15) is 10.6 Å². The molecule has 0 saturated carbocycles. The Bertz CT molecular complexity index is 1120. The summed E-state index contributed by atoms with van der Waals surface area (Å²) in [6.07, 6.45) is 8.43. The summed E-state index contributed by atoms with van der Waals surface area (Å²) in [7, 11) is 0. The Morgan fingerprint density at radius 3 is 2.71 bits per heavy atom. The maximum Gasteiger partial charge on any atom is 0.164 e. The highest BCUT2D eigenvalue weighted by Crippen LogP contribution is 2.39. The van der Waals surface area contributed by atoms with Crippen LogP contribution in [0.3, 0.4) is 0 Å². The molecule has 0 spiro atoms. The Kier molecular flexibility index (Phi) is 4.53. The Hall–Kier alpha value is -2.79. The fraction of sp³-hybridized carbons (Fsp3) is 0.261. The van der Waals surface area contributed by atoms with Crippen LogP contribution in [0.2, 0.25) is 0 Å². The number of hydrogen-bond donors (Lipinski definition) is 1. The number of nitrogens with zero attached hydrogens (tertiary/aromatic N) is 3. The zero-order chi connectivity index (χ0) is 18.9. The molecule has 3 aromatic heterocycles. The first kappa shape index (κ1) is 17.3. The number of benzene rings is 1. The molecule has 0 aliphatic heterocycles. The van der Waals surface area contributed by atoms with Crippen molar-refractivity contribution >= 4 is 27.4 Å². The van der Waals surface area contributed by atoms with E-state index in [-0.39, 0.29) is 0 Å². The first-order chi connectivity index (χ1) is 13.8. The standard InChI is InChI=1S/C23H22N4S/c1-15-8-10-16(11-9-15)13-25-22-20-18-6-2-3-7-19(18)28-23(20)27-21(26-22)17-5-4-12-24-14-17/h4-5,8-12,14H,2-3,6-7,13H2,1H3,(H,25,26,27). The molecule has 0 saturated heterocycles. The van der Waals surface area contributed by atoms with Crippen LogP contribution in [-0.2, 0) is 19.4 Å². The van der Waals surface area contributed by atoms with Crippen LogP contribution in [0, 0.1) is 6.92 Å². The van der Waals surface area contributed by atoms with Crippen molar-refractivity contribution in [3.8, 4) is 11.4 Å². The van der Waals surface area contributed by atoms with Gasteiger partial charge in [-0.25, -0.2) is 9.97 Å². The average molecular weight is 387 g/mol. The van der Waals surface area contributed by atoms with Gasteiger partial charge in [0.2, 0.25) is 0 Å². The average Bonchev–Trinajstić information content (AvgIpc) is 3.12. The molecule has 1 aliphatic rings. The minimum Gasteiger partial charge on any atom is -0.365 e. The lowest BCUT2D eigenvalue weighted by molar-refractivity contribution is 0.700. The van der Waals surface area contributed by atoms with Crippen LogP contribution in [0.15, 0.2) is 48.8 Å². The summed E-state index contributed by atoms with van der Waals surface area (Å²) in [6, 6.07) is 12.6. The highest BCUT2D eigenvalue weighted by Gasteiger charge is 2.21. The van der Waals surface area contributed by atoms with Crippen LogP contribution in [0.4, 0.5) is 5.82 Å². The first-order valence-electron chi connectivity index (χ1n) is 9.80. The predicted octanol–water partition coefficient (Wildman–Crippen LogP) is 5.55. The van der Waals surface area contributed by atoms with Gasteiger partial charge < -0.3 is 5.32 Å². The molecule has 4 aromatic rings. The van der Waals surface area contributed by atoms with Crippen molar-refractivity contribution in [2.75, 3.05) is 5.32 Å². The highest BCUT2D eigenvalue weighted by molar-refractivity contribution is 7.19. The third-order valence-corrected chi connectivity index (χ3v) is 6.50. The second kappa shape index (κ2) is 7.32. The van der Waals surface area contributed by atoms with Gasteiger partial charge in [0.05, 0.1) is 5.39 Å². The van der Waals surface area contributed by atoms with Gasteiger partial charge >= 0.3 is 0 Å². The van der Waals surface area contributed by atoms with E-state index in [2.05, 4.69) is 41.5 Å². The monoisotopic (exact) mass is 386 g/mol. The predicted molar refractivity (Wildman–Crippen MR) is 116 cm³/mol. The molecule has 1 aliphatic carbocycles. The van der Waals surface area contributed by atoms with Gasteiger partial charge in [0, 0.05) is 29.4 Å². The summed E-state index contributed by atoms with van der Waals surface area (Å²) < 4.78 is 0. The van der Waals surface area contributed by atoms with E-state index in [9.17, 15) is 0 Å². The van der Waals surface area contributed by atoms with Crippen molar-refractivity contribution in [3.05, 3.63) is 70.4 Å². The van der Waals surface area contributed by atoms with Crippen molar-refractivity contribution in [1.29, 1.82) is 0 Å². The molecule has 0 radical (unpaired) electrons. The Morgan fingerprint density at radius 1 is 1.04 bits per heavy atom. The Morgan fingerprint density at radius 2 is 1.89 bits per heavy atom. The summed E-state index contributed by atoms with van der Waals surface area (Å²) in [5.74, 6) is 1.69. The summed E-state index contributed by atoms with van der Waals surface area (Å²) in [5.41, 5.74) is 4.94. The summed E-state index contributed by atoms with van der Waals surface area (Å²) in [5, 5.41) is 4.83. The lowest BCUT2D eigenvalue weighted by Gasteiger charge is -2.13. The lowest BCUT2D eigenvalue weighted by atomic mass is 9.97. The minimum absolute atomic E-state index is 0.741. The van der Waals surface area contributed by atoms with Gasteiger partial charge in [-0.1, -0.05) is 29.8 Å². The fourth-order valence-corrected chi connectivity index (χ4v) is 5.06. The van der Waals surface area contributed by atoms with Gasteiger partial charge in [-0.15, -0.1) is 11.3 Å². The highest BCUT2D eigenvalue weighted by atomic mass is 32.1. The molecule has 0 fully saturated rings. The summed E-state index contributed by atoms with van der Waals surface area (Å²) in [4.78, 5) is 16.6. The van der Waals surface area contributed by atoms with Crippen molar-refractivity contribution in [2.24, 2.45) is 0 Å².